The van der Waals surface area contributed by atoms with Gasteiger partial charge in [0.1, 0.15) is 0 Å². The van der Waals surface area contributed by atoms with Crippen LogP contribution in [0.25, 0.3) is 10.9 Å². The monoisotopic (exact) mass is 248 g/mol. The Kier molecular flexibility index (Phi) is 4.75. The van der Waals surface area contributed by atoms with Gasteiger partial charge in [0, 0.05) is 36.7 Å². The Bertz CT molecular complexity index is 475. The zero-order chi connectivity index (χ0) is 12.8. The van der Waals surface area contributed by atoms with E-state index >= 15 is 0 Å². The van der Waals surface area contributed by atoms with Gasteiger partial charge in [-0.2, -0.15) is 0 Å². The quantitative estimate of drug-likeness (QED) is 0.685. The third kappa shape index (κ3) is 3.10. The molecule has 1 aromatic carbocycles. The number of hydrogen-bond acceptors (Lipinski definition) is 3. The molecule has 1 heterocycles. The molecule has 0 spiro atoms. The highest BCUT2D eigenvalue weighted by Crippen LogP contribution is 2.18. The second-order valence-corrected chi connectivity index (χ2v) is 4.40. The van der Waals surface area contributed by atoms with Crippen molar-refractivity contribution < 1.29 is 10.2 Å². The van der Waals surface area contributed by atoms with E-state index in [0.29, 0.717) is 13.1 Å². The molecule has 0 bridgehead atoms. The fraction of sp³-hybridized carbons (Fsp3) is 0.429. The fourth-order valence-corrected chi connectivity index (χ4v) is 2.24. The van der Waals surface area contributed by atoms with E-state index in [1.54, 1.807) is 0 Å². The summed E-state index contributed by atoms with van der Waals surface area (Å²) in [6, 6.07) is 8.24. The van der Waals surface area contributed by atoms with Crippen molar-refractivity contribution in [2.24, 2.45) is 0 Å². The van der Waals surface area contributed by atoms with Gasteiger partial charge in [-0.3, -0.25) is 4.90 Å². The lowest BCUT2D eigenvalue weighted by Crippen LogP contribution is -2.31. The van der Waals surface area contributed by atoms with Gasteiger partial charge in [0.2, 0.25) is 0 Å². The number of aliphatic hydroxyl groups is 2. The van der Waals surface area contributed by atoms with Crippen molar-refractivity contribution in [1.29, 1.82) is 0 Å². The number of hydrogen-bond donors (Lipinski definition) is 3. The van der Waals surface area contributed by atoms with Crippen LogP contribution in [0.15, 0.2) is 30.5 Å². The third-order valence-electron chi connectivity index (χ3n) is 3.20. The summed E-state index contributed by atoms with van der Waals surface area (Å²) >= 11 is 0. The van der Waals surface area contributed by atoms with E-state index in [2.05, 4.69) is 22.0 Å². The minimum Gasteiger partial charge on any atom is -0.395 e. The van der Waals surface area contributed by atoms with Crippen LogP contribution in [-0.4, -0.2) is 52.9 Å². The summed E-state index contributed by atoms with van der Waals surface area (Å²) in [5.74, 6) is 0. The van der Waals surface area contributed by atoms with Crippen LogP contribution in [0.1, 0.15) is 5.56 Å². The van der Waals surface area contributed by atoms with Crippen LogP contribution in [0.4, 0.5) is 0 Å². The third-order valence-corrected chi connectivity index (χ3v) is 3.20. The number of rotatable bonds is 7. The number of benzene rings is 1. The summed E-state index contributed by atoms with van der Waals surface area (Å²) in [5, 5.41) is 19.2. The highest BCUT2D eigenvalue weighted by molar-refractivity contribution is 5.83. The Balaban J connectivity index is 2.00. The maximum absolute atomic E-state index is 8.96. The number of aromatic amines is 1. The van der Waals surface area contributed by atoms with Crippen LogP contribution in [-0.2, 0) is 6.42 Å². The van der Waals surface area contributed by atoms with Crippen LogP contribution in [0, 0.1) is 0 Å². The van der Waals surface area contributed by atoms with Gasteiger partial charge >= 0.3 is 0 Å². The first-order valence-electron chi connectivity index (χ1n) is 6.34. The van der Waals surface area contributed by atoms with Crippen molar-refractivity contribution in [3.8, 4) is 0 Å². The van der Waals surface area contributed by atoms with E-state index < -0.39 is 0 Å². The fourth-order valence-electron chi connectivity index (χ4n) is 2.24. The van der Waals surface area contributed by atoms with Crippen molar-refractivity contribution in [3.63, 3.8) is 0 Å². The van der Waals surface area contributed by atoms with Gasteiger partial charge in [0.15, 0.2) is 0 Å². The molecule has 2 aromatic rings. The predicted octanol–water partition coefficient (Wildman–Crippen LogP) is 0.997. The summed E-state index contributed by atoms with van der Waals surface area (Å²) < 4.78 is 0. The number of nitrogens with one attached hydrogen (secondary N) is 1. The van der Waals surface area contributed by atoms with Crippen LogP contribution in [0.3, 0.4) is 0 Å². The van der Waals surface area contributed by atoms with Gasteiger partial charge in [-0.15, -0.1) is 0 Å². The molecular formula is C14H20N2O2. The molecular weight excluding hydrogens is 228 g/mol. The van der Waals surface area contributed by atoms with Crippen molar-refractivity contribution in [2.45, 2.75) is 6.42 Å². The molecule has 0 amide bonds. The molecule has 0 fully saturated rings. The summed E-state index contributed by atoms with van der Waals surface area (Å²) in [5.41, 5.74) is 2.44. The van der Waals surface area contributed by atoms with Gasteiger partial charge in [-0.05, 0) is 18.1 Å². The van der Waals surface area contributed by atoms with Crippen molar-refractivity contribution in [3.05, 3.63) is 36.0 Å². The van der Waals surface area contributed by atoms with E-state index in [1.165, 1.54) is 10.9 Å². The average Bonchev–Trinajstić information content (AvgIpc) is 2.80. The Hall–Kier alpha value is -1.36. The number of fused-ring (bicyclic) bond motifs is 1. The molecule has 0 aliphatic carbocycles. The molecule has 0 saturated heterocycles. The molecule has 2 rings (SSSR count). The Morgan fingerprint density at radius 3 is 2.44 bits per heavy atom. The van der Waals surface area contributed by atoms with Gasteiger partial charge < -0.3 is 15.2 Å². The molecule has 0 atom stereocenters. The summed E-state index contributed by atoms with van der Waals surface area (Å²) in [4.78, 5) is 5.33. The standard InChI is InChI=1S/C14H20N2O2/c17-9-7-16(8-10-18)6-5-12-11-15-14-4-2-1-3-13(12)14/h1-4,11,15,17-18H,5-10H2. The lowest BCUT2D eigenvalue weighted by molar-refractivity contribution is 0.162. The average molecular weight is 248 g/mol. The highest BCUT2D eigenvalue weighted by atomic mass is 16.3. The molecule has 0 unspecified atom stereocenters. The molecule has 3 N–H and O–H groups in total. The van der Waals surface area contributed by atoms with Crippen LogP contribution in [0.2, 0.25) is 0 Å². The van der Waals surface area contributed by atoms with Crippen LogP contribution < -0.4 is 0 Å². The van der Waals surface area contributed by atoms with Gasteiger partial charge in [0.05, 0.1) is 13.2 Å². The first-order chi connectivity index (χ1) is 8.85. The normalized spacial score (nSPS) is 11.5. The Morgan fingerprint density at radius 1 is 1.00 bits per heavy atom. The van der Waals surface area contributed by atoms with Gasteiger partial charge in [-0.25, -0.2) is 0 Å². The second kappa shape index (κ2) is 6.54. The Labute approximate surface area is 107 Å². The maximum Gasteiger partial charge on any atom is 0.0558 e. The molecule has 1 aromatic heterocycles. The molecule has 0 aliphatic rings. The SMILES string of the molecule is OCCN(CCO)CCc1c[nH]c2ccccc12. The highest BCUT2D eigenvalue weighted by Gasteiger charge is 2.07. The van der Waals surface area contributed by atoms with E-state index in [-0.39, 0.29) is 13.2 Å². The number of para-hydroxylation sites is 1. The van der Waals surface area contributed by atoms with Crippen molar-refractivity contribution in [2.75, 3.05) is 32.8 Å². The van der Waals surface area contributed by atoms with Crippen LogP contribution >= 0.6 is 0 Å². The van der Waals surface area contributed by atoms with Gasteiger partial charge in [-0.1, -0.05) is 18.2 Å². The molecule has 0 radical (unpaired) electrons. The van der Waals surface area contributed by atoms with E-state index in [1.807, 2.05) is 18.3 Å². The lowest BCUT2D eigenvalue weighted by atomic mass is 10.1. The summed E-state index contributed by atoms with van der Waals surface area (Å²) in [6.45, 7) is 2.34. The minimum absolute atomic E-state index is 0.133. The number of aliphatic hydroxyl groups excluding tert-OH is 2. The number of H-pyrrole nitrogens is 1. The zero-order valence-corrected chi connectivity index (χ0v) is 10.5. The van der Waals surface area contributed by atoms with E-state index in [9.17, 15) is 0 Å². The largest absolute Gasteiger partial charge is 0.395 e. The molecule has 0 aliphatic heterocycles. The van der Waals surface area contributed by atoms with Crippen LogP contribution in [0.5, 0.6) is 0 Å². The number of nitrogens with zero attached hydrogens (tertiary/aromatic N) is 1. The predicted molar refractivity (Wildman–Crippen MR) is 72.6 cm³/mol. The molecule has 18 heavy (non-hydrogen) atoms. The van der Waals surface area contributed by atoms with Crippen molar-refractivity contribution >= 4 is 10.9 Å². The first kappa shape index (κ1) is 13.1. The molecule has 4 heteroatoms. The minimum atomic E-state index is 0.133. The molecule has 98 valence electrons. The first-order valence-corrected chi connectivity index (χ1v) is 6.34. The van der Waals surface area contributed by atoms with E-state index in [4.69, 9.17) is 10.2 Å². The van der Waals surface area contributed by atoms with E-state index in [0.717, 1.165) is 18.5 Å². The zero-order valence-electron chi connectivity index (χ0n) is 10.5. The topological polar surface area (TPSA) is 59.5 Å². The lowest BCUT2D eigenvalue weighted by Gasteiger charge is -2.19. The molecule has 4 nitrogen and oxygen atoms in total. The second-order valence-electron chi connectivity index (χ2n) is 4.40. The summed E-state index contributed by atoms with van der Waals surface area (Å²) in [6.07, 6.45) is 2.96. The smallest absolute Gasteiger partial charge is 0.0558 e. The van der Waals surface area contributed by atoms with Crippen molar-refractivity contribution in [1.82, 2.24) is 9.88 Å². The number of aromatic nitrogens is 1. The Morgan fingerprint density at radius 2 is 1.72 bits per heavy atom. The maximum atomic E-state index is 8.96. The van der Waals surface area contributed by atoms with Gasteiger partial charge in [0.25, 0.3) is 0 Å². The summed E-state index contributed by atoms with van der Waals surface area (Å²) in [7, 11) is 0. The molecule has 0 saturated carbocycles.